The molecule has 6 heteroatoms. The zero-order valence-electron chi connectivity index (χ0n) is 16.0. The van der Waals surface area contributed by atoms with Gasteiger partial charge in [0.25, 0.3) is 5.56 Å². The summed E-state index contributed by atoms with van der Waals surface area (Å²) >= 11 is 0. The van der Waals surface area contributed by atoms with Crippen molar-refractivity contribution < 1.29 is 4.79 Å². The van der Waals surface area contributed by atoms with Gasteiger partial charge in [0.05, 0.1) is 17.6 Å². The second-order valence-corrected chi connectivity index (χ2v) is 6.92. The summed E-state index contributed by atoms with van der Waals surface area (Å²) in [6.45, 7) is 5.76. The summed E-state index contributed by atoms with van der Waals surface area (Å²) in [5.74, 6) is -0.161. The number of rotatable bonds is 4. The molecule has 0 bridgehead atoms. The summed E-state index contributed by atoms with van der Waals surface area (Å²) in [7, 11) is 0. The molecule has 2 aromatic heterocycles. The number of nitrogens with zero attached hydrogens (tertiary/aromatic N) is 4. The van der Waals surface area contributed by atoms with E-state index in [1.54, 1.807) is 35.1 Å². The van der Waals surface area contributed by atoms with Gasteiger partial charge < -0.3 is 0 Å². The molecule has 0 aliphatic heterocycles. The summed E-state index contributed by atoms with van der Waals surface area (Å²) in [5, 5.41) is 9.44. The molecule has 6 nitrogen and oxygen atoms in total. The minimum atomic E-state index is -0.333. The highest BCUT2D eigenvalue weighted by Crippen LogP contribution is 2.19. The number of hydrogen-bond acceptors (Lipinski definition) is 4. The lowest BCUT2D eigenvalue weighted by atomic mass is 10.1. The summed E-state index contributed by atoms with van der Waals surface area (Å²) < 4.78 is 2.86. The minimum Gasteiger partial charge on any atom is -0.292 e. The molecule has 2 heterocycles. The second kappa shape index (κ2) is 6.88. The first kappa shape index (κ1) is 17.9. The van der Waals surface area contributed by atoms with Gasteiger partial charge in [-0.25, -0.2) is 9.36 Å². The van der Waals surface area contributed by atoms with Gasteiger partial charge >= 0.3 is 0 Å². The van der Waals surface area contributed by atoms with E-state index in [-0.39, 0.29) is 17.9 Å². The smallest absolute Gasteiger partial charge is 0.292 e. The fraction of sp³-hybridized carbons (Fsp3) is 0.182. The maximum absolute atomic E-state index is 13.1. The Hall–Kier alpha value is -3.54. The number of aryl methyl sites for hydroxylation is 3. The first-order chi connectivity index (χ1) is 13.5. The van der Waals surface area contributed by atoms with Crippen LogP contribution in [0.5, 0.6) is 0 Å². The van der Waals surface area contributed by atoms with E-state index in [0.717, 1.165) is 11.3 Å². The van der Waals surface area contributed by atoms with Crippen LogP contribution in [-0.4, -0.2) is 25.3 Å². The molecule has 0 unspecified atom stereocenters. The SMILES string of the molecule is Cc1ccc(-n2ncc3c(C)nn(CC(=O)c4ccccc4)c(=O)c32)cc1C. The monoisotopic (exact) mass is 372 g/mol. The van der Waals surface area contributed by atoms with E-state index in [1.165, 1.54) is 10.2 Å². The van der Waals surface area contributed by atoms with Gasteiger partial charge in [0.15, 0.2) is 5.78 Å². The van der Waals surface area contributed by atoms with Gasteiger partial charge in [0.2, 0.25) is 0 Å². The molecule has 4 aromatic rings. The van der Waals surface area contributed by atoms with Crippen LogP contribution in [0.3, 0.4) is 0 Å². The van der Waals surface area contributed by atoms with E-state index >= 15 is 0 Å². The third-order valence-corrected chi connectivity index (χ3v) is 4.99. The third-order valence-electron chi connectivity index (χ3n) is 4.99. The van der Waals surface area contributed by atoms with Crippen molar-refractivity contribution in [1.82, 2.24) is 19.6 Å². The Morgan fingerprint density at radius 3 is 2.46 bits per heavy atom. The van der Waals surface area contributed by atoms with Crippen LogP contribution < -0.4 is 5.56 Å². The number of hydrogen-bond donors (Lipinski definition) is 0. The molecule has 28 heavy (non-hydrogen) atoms. The largest absolute Gasteiger partial charge is 0.293 e. The van der Waals surface area contributed by atoms with Gasteiger partial charge in [-0.15, -0.1) is 0 Å². The van der Waals surface area contributed by atoms with Crippen LogP contribution in [-0.2, 0) is 6.54 Å². The van der Waals surface area contributed by atoms with Crippen LogP contribution in [0.25, 0.3) is 16.6 Å². The number of carbonyl (C=O) groups excluding carboxylic acids is 1. The molecule has 0 saturated heterocycles. The van der Waals surface area contributed by atoms with Gasteiger partial charge in [0.1, 0.15) is 12.1 Å². The van der Waals surface area contributed by atoms with E-state index in [0.29, 0.717) is 22.2 Å². The van der Waals surface area contributed by atoms with E-state index in [4.69, 9.17) is 0 Å². The zero-order valence-corrected chi connectivity index (χ0v) is 16.0. The predicted octanol–water partition coefficient (Wildman–Crippen LogP) is 3.39. The lowest BCUT2D eigenvalue weighted by Crippen LogP contribution is -2.28. The van der Waals surface area contributed by atoms with Gasteiger partial charge in [-0.1, -0.05) is 36.4 Å². The normalized spacial score (nSPS) is 11.1. The average molecular weight is 372 g/mol. The Kier molecular flexibility index (Phi) is 4.39. The fourth-order valence-electron chi connectivity index (χ4n) is 3.23. The van der Waals surface area contributed by atoms with E-state index in [1.807, 2.05) is 45.0 Å². The topological polar surface area (TPSA) is 69.8 Å². The first-order valence-corrected chi connectivity index (χ1v) is 9.07. The zero-order chi connectivity index (χ0) is 19.8. The molecule has 0 spiro atoms. The average Bonchev–Trinajstić information content (AvgIpc) is 3.14. The number of aromatic nitrogens is 4. The third kappa shape index (κ3) is 3.03. The van der Waals surface area contributed by atoms with Crippen LogP contribution in [0, 0.1) is 20.8 Å². The van der Waals surface area contributed by atoms with Crippen molar-refractivity contribution in [1.29, 1.82) is 0 Å². The van der Waals surface area contributed by atoms with Crippen molar-refractivity contribution in [3.8, 4) is 5.69 Å². The number of fused-ring (bicyclic) bond motifs is 1. The molecular weight excluding hydrogens is 352 g/mol. The molecule has 0 N–H and O–H groups in total. The van der Waals surface area contributed by atoms with Crippen LogP contribution >= 0.6 is 0 Å². The highest BCUT2D eigenvalue weighted by Gasteiger charge is 2.17. The molecular formula is C22H20N4O2. The van der Waals surface area contributed by atoms with E-state index in [2.05, 4.69) is 10.2 Å². The Balaban J connectivity index is 1.84. The predicted molar refractivity (Wildman–Crippen MR) is 108 cm³/mol. The highest BCUT2D eigenvalue weighted by atomic mass is 16.1. The lowest BCUT2D eigenvalue weighted by Gasteiger charge is -2.09. The molecule has 4 rings (SSSR count). The number of benzene rings is 2. The molecule has 0 aliphatic carbocycles. The van der Waals surface area contributed by atoms with Gasteiger partial charge in [-0.2, -0.15) is 10.2 Å². The number of carbonyl (C=O) groups is 1. The summed E-state index contributed by atoms with van der Waals surface area (Å²) in [6, 6.07) is 14.8. The van der Waals surface area contributed by atoms with Crippen LogP contribution in [0.4, 0.5) is 0 Å². The molecule has 0 radical (unpaired) electrons. The fourth-order valence-corrected chi connectivity index (χ4v) is 3.23. The van der Waals surface area contributed by atoms with Crippen molar-refractivity contribution in [2.24, 2.45) is 0 Å². The Morgan fingerprint density at radius 1 is 1.00 bits per heavy atom. The van der Waals surface area contributed by atoms with Crippen LogP contribution in [0.1, 0.15) is 27.2 Å². The summed E-state index contributed by atoms with van der Waals surface area (Å²) in [4.78, 5) is 25.7. The van der Waals surface area contributed by atoms with Crippen LogP contribution in [0.15, 0.2) is 59.5 Å². The first-order valence-electron chi connectivity index (χ1n) is 9.07. The molecule has 0 atom stereocenters. The summed E-state index contributed by atoms with van der Waals surface area (Å²) in [6.07, 6.45) is 1.65. The van der Waals surface area contributed by atoms with Gasteiger partial charge in [-0.3, -0.25) is 9.59 Å². The van der Waals surface area contributed by atoms with Crippen molar-refractivity contribution >= 4 is 16.7 Å². The molecule has 140 valence electrons. The lowest BCUT2D eigenvalue weighted by molar-refractivity contribution is 0.0966. The maximum atomic E-state index is 13.1. The quantitative estimate of drug-likeness (QED) is 0.515. The Morgan fingerprint density at radius 2 is 1.75 bits per heavy atom. The van der Waals surface area contributed by atoms with Gasteiger partial charge in [-0.05, 0) is 44.0 Å². The second-order valence-electron chi connectivity index (χ2n) is 6.92. The molecule has 0 amide bonds. The van der Waals surface area contributed by atoms with E-state index < -0.39 is 0 Å². The summed E-state index contributed by atoms with van der Waals surface area (Å²) in [5.41, 5.74) is 4.40. The number of ketones is 1. The van der Waals surface area contributed by atoms with Crippen molar-refractivity contribution in [2.45, 2.75) is 27.3 Å². The van der Waals surface area contributed by atoms with Crippen molar-refractivity contribution in [3.05, 3.63) is 87.5 Å². The molecule has 2 aromatic carbocycles. The standard InChI is InChI=1S/C22H20N4O2/c1-14-9-10-18(11-15(14)2)26-21-19(12-23-26)16(3)24-25(22(21)28)13-20(27)17-7-5-4-6-8-17/h4-12H,13H2,1-3H3. The van der Waals surface area contributed by atoms with Gasteiger partial charge in [0, 0.05) is 10.9 Å². The van der Waals surface area contributed by atoms with Crippen molar-refractivity contribution in [2.75, 3.05) is 0 Å². The number of Topliss-reactive ketones (excluding diaryl/α,β-unsaturated/α-hetero) is 1. The maximum Gasteiger partial charge on any atom is 0.293 e. The Labute approximate surface area is 162 Å². The van der Waals surface area contributed by atoms with E-state index in [9.17, 15) is 9.59 Å². The molecule has 0 saturated carbocycles. The highest BCUT2D eigenvalue weighted by molar-refractivity contribution is 5.96. The van der Waals surface area contributed by atoms with Crippen LogP contribution in [0.2, 0.25) is 0 Å². The Bertz CT molecular complexity index is 1250. The molecule has 0 fully saturated rings. The minimum absolute atomic E-state index is 0.113. The van der Waals surface area contributed by atoms with Crippen molar-refractivity contribution in [3.63, 3.8) is 0 Å². The molecule has 0 aliphatic rings.